The quantitative estimate of drug-likeness (QED) is 0.467. The lowest BCUT2D eigenvalue weighted by atomic mass is 9.97. The molecule has 0 amide bonds. The van der Waals surface area contributed by atoms with Crippen LogP contribution in [0.4, 0.5) is 0 Å². The fourth-order valence-electron chi connectivity index (χ4n) is 3.15. The van der Waals surface area contributed by atoms with Gasteiger partial charge in [0.1, 0.15) is 0 Å². The minimum Gasteiger partial charge on any atom is -0.0599 e. The lowest BCUT2D eigenvalue weighted by molar-refractivity contribution is 0.652. The summed E-state index contributed by atoms with van der Waals surface area (Å²) in [4.78, 5) is 0. The maximum atomic E-state index is 2.39. The van der Waals surface area contributed by atoms with Crippen LogP contribution in [0.3, 0.4) is 0 Å². The Balaban J connectivity index is 1.70. The van der Waals surface area contributed by atoms with Crippen molar-refractivity contribution < 1.29 is 0 Å². The average Bonchev–Trinajstić information content (AvgIpc) is 2.40. The Morgan fingerprint density at radius 1 is 1.11 bits per heavy atom. The van der Waals surface area contributed by atoms with Crippen molar-refractivity contribution in [2.24, 2.45) is 0 Å². The topological polar surface area (TPSA) is 0 Å². The molecule has 0 spiro atoms. The van der Waals surface area contributed by atoms with Gasteiger partial charge in [0.15, 0.2) is 0 Å². The van der Waals surface area contributed by atoms with Crippen molar-refractivity contribution >= 4 is 31.4 Å². The molecule has 1 unspecified atom stereocenters. The van der Waals surface area contributed by atoms with Gasteiger partial charge in [-0.3, -0.25) is 0 Å². The predicted octanol–water partition coefficient (Wildman–Crippen LogP) is 5.59. The first-order valence-electron chi connectivity index (χ1n) is 7.51. The Hall–Kier alpha value is 0.167. The first-order chi connectivity index (χ1) is 8.75. The maximum absolute atomic E-state index is 2.39. The molecule has 0 aromatic heterocycles. The fourth-order valence-corrected chi connectivity index (χ4v) is 6.92. The summed E-state index contributed by atoms with van der Waals surface area (Å²) >= 11 is 2.38. The molecule has 0 N–H and O–H groups in total. The van der Waals surface area contributed by atoms with Gasteiger partial charge < -0.3 is 0 Å². The summed E-state index contributed by atoms with van der Waals surface area (Å²) in [5.74, 6) is 0.750. The summed E-state index contributed by atoms with van der Waals surface area (Å²) in [6.07, 6.45) is 7.48. The van der Waals surface area contributed by atoms with Gasteiger partial charge >= 0.3 is 0 Å². The van der Waals surface area contributed by atoms with Crippen LogP contribution in [0.5, 0.6) is 0 Å². The molecule has 1 atom stereocenters. The summed E-state index contributed by atoms with van der Waals surface area (Å²) < 4.78 is 1.35. The monoisotopic (exact) mass is 372 g/mol. The smallest absolute Gasteiger partial charge is 0.0367 e. The fraction of sp³-hybridized carbons (Fsp3) is 0.625. The number of hydrogen-bond acceptors (Lipinski definition) is 0. The lowest BCUT2D eigenvalue weighted by Crippen LogP contribution is -2.15. The number of hydrogen-bond donors (Lipinski definition) is 0. The van der Waals surface area contributed by atoms with Crippen LogP contribution in [0.1, 0.15) is 50.5 Å². The molecular weight excluding hydrogens is 347 g/mol. The van der Waals surface area contributed by atoms with Crippen LogP contribution in [-0.4, -0.2) is 8.80 Å². The van der Waals surface area contributed by atoms with E-state index in [2.05, 4.69) is 53.8 Å². The molecule has 0 radical (unpaired) electrons. The molecule has 2 rings (SSSR count). The minimum atomic E-state index is -0.288. The van der Waals surface area contributed by atoms with Crippen LogP contribution in [0, 0.1) is 3.57 Å². The molecule has 1 heterocycles. The third kappa shape index (κ3) is 4.69. The summed E-state index contributed by atoms with van der Waals surface area (Å²) in [6.45, 7) is 2.39. The molecule has 1 fully saturated rings. The zero-order valence-corrected chi connectivity index (χ0v) is 14.8. The van der Waals surface area contributed by atoms with Gasteiger partial charge in [-0.1, -0.05) is 62.9 Å². The van der Waals surface area contributed by atoms with Gasteiger partial charge in [0.2, 0.25) is 0 Å². The highest BCUT2D eigenvalue weighted by molar-refractivity contribution is 14.1. The second kappa shape index (κ2) is 7.68. The highest BCUT2D eigenvalue weighted by Crippen LogP contribution is 2.26. The van der Waals surface area contributed by atoms with Crippen molar-refractivity contribution in [2.45, 2.75) is 63.1 Å². The molecule has 1 saturated heterocycles. The Morgan fingerprint density at radius 3 is 2.44 bits per heavy atom. The molecule has 1 aromatic carbocycles. The van der Waals surface area contributed by atoms with E-state index in [9.17, 15) is 0 Å². The van der Waals surface area contributed by atoms with Gasteiger partial charge in [-0.2, -0.15) is 0 Å². The van der Waals surface area contributed by atoms with Crippen molar-refractivity contribution in [3.8, 4) is 0 Å². The Morgan fingerprint density at radius 2 is 1.78 bits per heavy atom. The van der Waals surface area contributed by atoms with Crippen LogP contribution < -0.4 is 0 Å². The van der Waals surface area contributed by atoms with E-state index >= 15 is 0 Å². The predicted molar refractivity (Wildman–Crippen MR) is 92.2 cm³/mol. The van der Waals surface area contributed by atoms with Crippen LogP contribution >= 0.6 is 22.6 Å². The van der Waals surface area contributed by atoms with Gasteiger partial charge in [-0.05, 0) is 52.6 Å². The van der Waals surface area contributed by atoms with Crippen molar-refractivity contribution in [3.05, 3.63) is 33.4 Å². The SMILES string of the molecule is CC(CCC[SiH]1CCCCC1)c1ccc(I)cc1. The molecule has 0 bridgehead atoms. The van der Waals surface area contributed by atoms with E-state index in [0.717, 1.165) is 5.92 Å². The standard InChI is InChI=1S/C16H25ISi/c1-14(15-7-9-16(17)10-8-15)6-5-13-18-11-3-2-4-12-18/h7-10,14,18H,2-6,11-13H2,1H3. The third-order valence-corrected chi connectivity index (χ3v) is 8.81. The van der Waals surface area contributed by atoms with Crippen molar-refractivity contribution in [1.82, 2.24) is 0 Å². The van der Waals surface area contributed by atoms with E-state index in [1.54, 1.807) is 31.0 Å². The minimum absolute atomic E-state index is 0.288. The molecule has 100 valence electrons. The summed E-state index contributed by atoms with van der Waals surface area (Å²) in [5, 5.41) is 0. The maximum Gasteiger partial charge on any atom is 0.0367 e. The summed E-state index contributed by atoms with van der Waals surface area (Å²) in [7, 11) is -0.288. The first-order valence-corrected chi connectivity index (χ1v) is 11.0. The second-order valence-corrected chi connectivity index (χ2v) is 10.6. The Bertz CT molecular complexity index is 341. The molecule has 0 saturated carbocycles. The average molecular weight is 372 g/mol. The van der Waals surface area contributed by atoms with Crippen molar-refractivity contribution in [2.75, 3.05) is 0 Å². The van der Waals surface area contributed by atoms with Gasteiger partial charge in [0.25, 0.3) is 0 Å². The lowest BCUT2D eigenvalue weighted by Gasteiger charge is -2.20. The third-order valence-electron chi connectivity index (χ3n) is 4.41. The van der Waals surface area contributed by atoms with Crippen LogP contribution in [0.25, 0.3) is 0 Å². The van der Waals surface area contributed by atoms with E-state index in [0.29, 0.717) is 0 Å². The number of halogens is 1. The van der Waals surface area contributed by atoms with Gasteiger partial charge in [0, 0.05) is 12.4 Å². The van der Waals surface area contributed by atoms with E-state index in [1.165, 1.54) is 28.4 Å². The van der Waals surface area contributed by atoms with Gasteiger partial charge in [-0.25, -0.2) is 0 Å². The summed E-state index contributed by atoms with van der Waals surface area (Å²) in [5.41, 5.74) is 1.53. The largest absolute Gasteiger partial charge is 0.0599 e. The number of rotatable bonds is 5. The van der Waals surface area contributed by atoms with E-state index < -0.39 is 0 Å². The zero-order valence-electron chi connectivity index (χ0n) is 11.5. The normalized spacial score (nSPS) is 18.8. The molecule has 1 aromatic rings. The second-order valence-electron chi connectivity index (χ2n) is 5.89. The van der Waals surface area contributed by atoms with E-state index in [-0.39, 0.29) is 8.80 Å². The van der Waals surface area contributed by atoms with Crippen LogP contribution in [-0.2, 0) is 0 Å². The summed E-state index contributed by atoms with van der Waals surface area (Å²) in [6, 6.07) is 14.0. The molecule has 0 nitrogen and oxygen atoms in total. The molecular formula is C16H25ISi. The molecule has 18 heavy (non-hydrogen) atoms. The van der Waals surface area contributed by atoms with Crippen LogP contribution in [0.15, 0.2) is 24.3 Å². The van der Waals surface area contributed by atoms with E-state index in [1.807, 2.05) is 0 Å². The molecule has 1 aliphatic heterocycles. The molecule has 0 aliphatic carbocycles. The molecule has 2 heteroatoms. The van der Waals surface area contributed by atoms with Crippen molar-refractivity contribution in [1.29, 1.82) is 0 Å². The zero-order chi connectivity index (χ0) is 12.8. The van der Waals surface area contributed by atoms with Crippen molar-refractivity contribution in [3.63, 3.8) is 0 Å². The highest BCUT2D eigenvalue weighted by Gasteiger charge is 2.15. The van der Waals surface area contributed by atoms with Gasteiger partial charge in [0.05, 0.1) is 0 Å². The first kappa shape index (κ1) is 14.6. The van der Waals surface area contributed by atoms with Crippen LogP contribution in [0.2, 0.25) is 18.1 Å². The molecule has 1 aliphatic rings. The Labute approximate surface area is 127 Å². The Kier molecular flexibility index (Phi) is 6.22. The van der Waals surface area contributed by atoms with E-state index in [4.69, 9.17) is 0 Å². The number of benzene rings is 1. The highest BCUT2D eigenvalue weighted by atomic mass is 127. The van der Waals surface area contributed by atoms with Gasteiger partial charge in [-0.15, -0.1) is 0 Å².